The molecule has 50 valence electrons. The van der Waals surface area contributed by atoms with Gasteiger partial charge in [-0.3, -0.25) is 0 Å². The zero-order valence-corrected chi connectivity index (χ0v) is 5.66. The summed E-state index contributed by atoms with van der Waals surface area (Å²) in [6.45, 7) is 1.91. The van der Waals surface area contributed by atoms with Crippen molar-refractivity contribution in [3.8, 4) is 12.3 Å². The summed E-state index contributed by atoms with van der Waals surface area (Å²) in [7, 11) is 0. The summed E-state index contributed by atoms with van der Waals surface area (Å²) in [4.78, 5) is 0. The van der Waals surface area contributed by atoms with Gasteiger partial charge in [-0.25, -0.2) is 0 Å². The van der Waals surface area contributed by atoms with Crippen LogP contribution in [0.1, 0.15) is 18.2 Å². The summed E-state index contributed by atoms with van der Waals surface area (Å²) in [6.07, 6.45) is 10.4. The van der Waals surface area contributed by atoms with Gasteiger partial charge in [-0.05, 0) is 12.8 Å². The Balaban J connectivity index is 3.04. The van der Waals surface area contributed by atoms with Crippen molar-refractivity contribution in [3.63, 3.8) is 0 Å². The lowest BCUT2D eigenvalue weighted by atomic mass is 10.2. The van der Waals surface area contributed by atoms with Crippen molar-refractivity contribution in [1.82, 2.24) is 5.16 Å². The molecule has 0 fully saturated rings. The Morgan fingerprint density at radius 1 is 1.80 bits per heavy atom. The maximum atomic E-state index is 5.11. The van der Waals surface area contributed by atoms with E-state index in [1.807, 2.05) is 19.1 Å². The minimum atomic E-state index is 0.484. The third-order valence-electron chi connectivity index (χ3n) is 1.08. The fourth-order valence-corrected chi connectivity index (χ4v) is 0.655. The van der Waals surface area contributed by atoms with Crippen LogP contribution in [0.25, 0.3) is 6.08 Å². The maximum absolute atomic E-state index is 5.11. The van der Waals surface area contributed by atoms with Crippen molar-refractivity contribution < 1.29 is 4.52 Å². The molecule has 0 aromatic carbocycles. The highest BCUT2D eigenvalue weighted by atomic mass is 16.5. The molecule has 0 amide bonds. The van der Waals surface area contributed by atoms with Crippen LogP contribution in [0.15, 0.2) is 16.8 Å². The summed E-state index contributed by atoms with van der Waals surface area (Å²) in [5, 5.41) is 3.54. The van der Waals surface area contributed by atoms with Gasteiger partial charge < -0.3 is 4.52 Å². The molecule has 2 nitrogen and oxygen atoms in total. The molecule has 1 aromatic rings. The summed E-state index contributed by atoms with van der Waals surface area (Å²) in [5.41, 5.74) is 0.852. The Morgan fingerprint density at radius 2 is 2.60 bits per heavy atom. The van der Waals surface area contributed by atoms with Crippen LogP contribution >= 0.6 is 0 Å². The highest BCUT2D eigenvalue weighted by molar-refractivity contribution is 5.53. The van der Waals surface area contributed by atoms with E-state index in [1.54, 1.807) is 6.20 Å². The van der Waals surface area contributed by atoms with E-state index in [2.05, 4.69) is 11.1 Å². The smallest absolute Gasteiger partial charge is 0.216 e. The monoisotopic (exact) mass is 133 g/mol. The number of hydrogen-bond acceptors (Lipinski definition) is 2. The van der Waals surface area contributed by atoms with Crippen LogP contribution < -0.4 is 0 Å². The third kappa shape index (κ3) is 1.08. The molecule has 2 heteroatoms. The van der Waals surface area contributed by atoms with Gasteiger partial charge in [0, 0.05) is 0 Å². The van der Waals surface area contributed by atoms with Gasteiger partial charge in [-0.2, -0.15) is 0 Å². The lowest BCUT2D eigenvalue weighted by Crippen LogP contribution is -1.69. The first kappa shape index (κ1) is 6.63. The molecule has 0 atom stereocenters. The van der Waals surface area contributed by atoms with E-state index in [4.69, 9.17) is 10.9 Å². The summed E-state index contributed by atoms with van der Waals surface area (Å²) in [6, 6.07) is 0. The summed E-state index contributed by atoms with van der Waals surface area (Å²) < 4.78 is 4.73. The summed E-state index contributed by atoms with van der Waals surface area (Å²) >= 11 is 0. The lowest BCUT2D eigenvalue weighted by Gasteiger charge is -1.80. The molecule has 0 bridgehead atoms. The fourth-order valence-electron chi connectivity index (χ4n) is 0.655. The highest BCUT2D eigenvalue weighted by Gasteiger charge is 1.98. The van der Waals surface area contributed by atoms with Gasteiger partial charge in [-0.15, -0.1) is 6.42 Å². The van der Waals surface area contributed by atoms with E-state index in [0.29, 0.717) is 5.76 Å². The van der Waals surface area contributed by atoms with Crippen molar-refractivity contribution in [3.05, 3.63) is 23.6 Å². The number of rotatable bonds is 1. The van der Waals surface area contributed by atoms with E-state index in [9.17, 15) is 0 Å². The topological polar surface area (TPSA) is 26.0 Å². The van der Waals surface area contributed by atoms with Crippen LogP contribution in [0.3, 0.4) is 0 Å². The van der Waals surface area contributed by atoms with Crippen LogP contribution in [-0.4, -0.2) is 5.16 Å². The number of nitrogens with zero attached hydrogens (tertiary/aromatic N) is 1. The lowest BCUT2D eigenvalue weighted by molar-refractivity contribution is 0.411. The molecule has 1 aromatic heterocycles. The Bertz CT molecular complexity index is 278. The van der Waals surface area contributed by atoms with Crippen LogP contribution in [0.4, 0.5) is 0 Å². The van der Waals surface area contributed by atoms with E-state index < -0.39 is 0 Å². The number of aromatic nitrogens is 1. The van der Waals surface area contributed by atoms with Crippen molar-refractivity contribution >= 4 is 6.08 Å². The van der Waals surface area contributed by atoms with Crippen LogP contribution in [0, 0.1) is 12.3 Å². The van der Waals surface area contributed by atoms with E-state index >= 15 is 0 Å². The first-order valence-electron chi connectivity index (χ1n) is 2.92. The quantitative estimate of drug-likeness (QED) is 0.545. The third-order valence-corrected chi connectivity index (χ3v) is 1.08. The molecule has 0 N–H and O–H groups in total. The molecule has 1 rings (SSSR count). The molecule has 0 aliphatic carbocycles. The molecule has 0 saturated heterocycles. The van der Waals surface area contributed by atoms with Gasteiger partial charge >= 0.3 is 0 Å². The van der Waals surface area contributed by atoms with Gasteiger partial charge in [0.25, 0.3) is 0 Å². The zero-order chi connectivity index (χ0) is 7.40. The minimum Gasteiger partial charge on any atom is -0.347 e. The molecule has 0 aliphatic heterocycles. The molecule has 0 unspecified atom stereocenters. The Labute approximate surface area is 59.5 Å². The second kappa shape index (κ2) is 2.88. The number of hydrogen-bond donors (Lipinski definition) is 0. The van der Waals surface area contributed by atoms with Crippen molar-refractivity contribution in [2.45, 2.75) is 6.92 Å². The van der Waals surface area contributed by atoms with Gasteiger partial charge in [0.05, 0.1) is 11.8 Å². The number of allylic oxidation sites excluding steroid dienone is 1. The SMILES string of the molecule is C#Cc1oncc1/C=C\C. The summed E-state index contributed by atoms with van der Waals surface area (Å²) in [5.74, 6) is 2.86. The highest BCUT2D eigenvalue weighted by Crippen LogP contribution is 2.07. The van der Waals surface area contributed by atoms with E-state index in [1.165, 1.54) is 0 Å². The fraction of sp³-hybridized carbons (Fsp3) is 0.125. The van der Waals surface area contributed by atoms with Crippen LogP contribution in [0.5, 0.6) is 0 Å². The van der Waals surface area contributed by atoms with Gasteiger partial charge in [0.2, 0.25) is 5.76 Å². The van der Waals surface area contributed by atoms with Crippen molar-refractivity contribution in [2.24, 2.45) is 0 Å². The van der Waals surface area contributed by atoms with Crippen LogP contribution in [-0.2, 0) is 0 Å². The number of terminal acetylenes is 1. The Hall–Kier alpha value is -1.49. The molecule has 0 saturated carbocycles. The second-order valence-electron chi connectivity index (χ2n) is 1.75. The van der Waals surface area contributed by atoms with E-state index in [0.717, 1.165) is 5.56 Å². The molecular weight excluding hydrogens is 126 g/mol. The van der Waals surface area contributed by atoms with Crippen LogP contribution in [0.2, 0.25) is 0 Å². The average molecular weight is 133 g/mol. The predicted octanol–water partition coefficient (Wildman–Crippen LogP) is 1.69. The first-order chi connectivity index (χ1) is 4.88. The Morgan fingerprint density at radius 3 is 3.20 bits per heavy atom. The Kier molecular flexibility index (Phi) is 1.91. The second-order valence-corrected chi connectivity index (χ2v) is 1.75. The molecule has 0 spiro atoms. The predicted molar refractivity (Wildman–Crippen MR) is 39.1 cm³/mol. The molecular formula is C8H7NO. The van der Waals surface area contributed by atoms with Gasteiger partial charge in [0.15, 0.2) is 0 Å². The molecule has 1 heterocycles. The minimum absolute atomic E-state index is 0.484. The standard InChI is InChI=1S/C8H7NO/c1-3-5-7-6-9-10-8(7)4-2/h2-3,5-6H,1H3/b5-3-. The largest absolute Gasteiger partial charge is 0.347 e. The van der Waals surface area contributed by atoms with Crippen molar-refractivity contribution in [1.29, 1.82) is 0 Å². The van der Waals surface area contributed by atoms with Gasteiger partial charge in [0.1, 0.15) is 0 Å². The van der Waals surface area contributed by atoms with E-state index in [-0.39, 0.29) is 0 Å². The molecule has 10 heavy (non-hydrogen) atoms. The average Bonchev–Trinajstić information content (AvgIpc) is 2.36. The first-order valence-corrected chi connectivity index (χ1v) is 2.92. The van der Waals surface area contributed by atoms with Gasteiger partial charge in [-0.1, -0.05) is 17.3 Å². The van der Waals surface area contributed by atoms with Crippen molar-refractivity contribution in [2.75, 3.05) is 0 Å². The molecule has 0 aliphatic rings. The molecule has 0 radical (unpaired) electrons. The maximum Gasteiger partial charge on any atom is 0.216 e. The zero-order valence-electron chi connectivity index (χ0n) is 5.66. The normalized spacial score (nSPS) is 10.0.